The van der Waals surface area contributed by atoms with Gasteiger partial charge in [0.15, 0.2) is 0 Å². The second kappa shape index (κ2) is 6.24. The van der Waals surface area contributed by atoms with Crippen LogP contribution in [0.15, 0.2) is 0 Å². The molecular formula is C13H25NO2. The van der Waals surface area contributed by atoms with Gasteiger partial charge in [-0.1, -0.05) is 20.3 Å². The van der Waals surface area contributed by atoms with Gasteiger partial charge < -0.3 is 10.1 Å². The van der Waals surface area contributed by atoms with Gasteiger partial charge in [0.05, 0.1) is 6.61 Å². The van der Waals surface area contributed by atoms with Crippen LogP contribution < -0.4 is 5.32 Å². The summed E-state index contributed by atoms with van der Waals surface area (Å²) in [6.07, 6.45) is 5.70. The minimum Gasteiger partial charge on any atom is -0.465 e. The third-order valence-corrected chi connectivity index (χ3v) is 3.58. The Bertz CT molecular complexity index is 224. The summed E-state index contributed by atoms with van der Waals surface area (Å²) >= 11 is 0. The topological polar surface area (TPSA) is 38.3 Å². The maximum absolute atomic E-state index is 11.7. The molecule has 1 unspecified atom stereocenters. The van der Waals surface area contributed by atoms with Crippen molar-refractivity contribution in [2.24, 2.45) is 5.41 Å². The van der Waals surface area contributed by atoms with E-state index < -0.39 is 0 Å². The van der Waals surface area contributed by atoms with Crippen LogP contribution in [0, 0.1) is 5.41 Å². The van der Waals surface area contributed by atoms with Crippen molar-refractivity contribution in [1.29, 1.82) is 0 Å². The van der Waals surface area contributed by atoms with Crippen LogP contribution >= 0.6 is 0 Å². The Kier molecular flexibility index (Phi) is 5.26. The molecule has 3 nitrogen and oxygen atoms in total. The molecule has 0 radical (unpaired) electrons. The first kappa shape index (κ1) is 13.5. The molecule has 1 atom stereocenters. The fraction of sp³-hybridized carbons (Fsp3) is 0.923. The van der Waals surface area contributed by atoms with Gasteiger partial charge in [0.2, 0.25) is 0 Å². The lowest BCUT2D eigenvalue weighted by Gasteiger charge is -2.20. The minimum atomic E-state index is -0.103. The molecule has 3 heteroatoms. The van der Waals surface area contributed by atoms with Crippen molar-refractivity contribution in [3.63, 3.8) is 0 Å². The van der Waals surface area contributed by atoms with E-state index in [0.717, 1.165) is 19.4 Å². The standard InChI is InChI=1S/C13H25NO2/c1-4-7-11(12(15)16-6-3)14-10-13(5-2)8-9-13/h11,14H,4-10H2,1-3H3. The van der Waals surface area contributed by atoms with Gasteiger partial charge >= 0.3 is 5.97 Å². The highest BCUT2D eigenvalue weighted by molar-refractivity contribution is 5.75. The molecule has 1 aliphatic carbocycles. The normalized spacial score (nSPS) is 19.2. The number of carbonyl (C=O) groups is 1. The van der Waals surface area contributed by atoms with Crippen molar-refractivity contribution < 1.29 is 9.53 Å². The molecular weight excluding hydrogens is 202 g/mol. The van der Waals surface area contributed by atoms with Gasteiger partial charge in [-0.3, -0.25) is 4.79 Å². The van der Waals surface area contributed by atoms with Gasteiger partial charge in [-0.15, -0.1) is 0 Å². The van der Waals surface area contributed by atoms with Crippen LogP contribution in [0.1, 0.15) is 52.9 Å². The third kappa shape index (κ3) is 3.78. The zero-order chi connectivity index (χ0) is 12.0. The fourth-order valence-corrected chi connectivity index (χ4v) is 2.01. The Labute approximate surface area is 98.9 Å². The monoisotopic (exact) mass is 227 g/mol. The molecule has 1 fully saturated rings. The van der Waals surface area contributed by atoms with Crippen LogP contribution in [0.25, 0.3) is 0 Å². The smallest absolute Gasteiger partial charge is 0.323 e. The summed E-state index contributed by atoms with van der Waals surface area (Å²) < 4.78 is 5.07. The summed E-state index contributed by atoms with van der Waals surface area (Å²) in [6, 6.07) is -0.103. The summed E-state index contributed by atoms with van der Waals surface area (Å²) in [7, 11) is 0. The van der Waals surface area contributed by atoms with Crippen LogP contribution in [0.2, 0.25) is 0 Å². The van der Waals surface area contributed by atoms with E-state index in [1.54, 1.807) is 0 Å². The molecule has 1 rings (SSSR count). The van der Waals surface area contributed by atoms with Crippen molar-refractivity contribution in [3.8, 4) is 0 Å². The molecule has 0 aromatic rings. The van der Waals surface area contributed by atoms with Crippen molar-refractivity contribution in [1.82, 2.24) is 5.32 Å². The molecule has 16 heavy (non-hydrogen) atoms. The second-order valence-electron chi connectivity index (χ2n) is 4.83. The number of hydrogen-bond donors (Lipinski definition) is 1. The van der Waals surface area contributed by atoms with E-state index in [1.807, 2.05) is 6.92 Å². The number of ether oxygens (including phenoxy) is 1. The van der Waals surface area contributed by atoms with Crippen LogP contribution in [0.3, 0.4) is 0 Å². The van der Waals surface area contributed by atoms with Crippen molar-refractivity contribution in [2.75, 3.05) is 13.2 Å². The molecule has 0 saturated heterocycles. The predicted octanol–water partition coefficient (Wildman–Crippen LogP) is 2.50. The number of nitrogens with one attached hydrogen (secondary N) is 1. The quantitative estimate of drug-likeness (QED) is 0.647. The number of rotatable bonds is 8. The molecule has 0 aliphatic heterocycles. The molecule has 0 heterocycles. The highest BCUT2D eigenvalue weighted by Crippen LogP contribution is 2.47. The maximum atomic E-state index is 11.7. The molecule has 0 bridgehead atoms. The molecule has 0 amide bonds. The Balaban J connectivity index is 2.35. The Morgan fingerprint density at radius 3 is 2.50 bits per heavy atom. The van der Waals surface area contributed by atoms with Crippen molar-refractivity contribution >= 4 is 5.97 Å². The van der Waals surface area contributed by atoms with E-state index in [0.29, 0.717) is 12.0 Å². The maximum Gasteiger partial charge on any atom is 0.323 e. The third-order valence-electron chi connectivity index (χ3n) is 3.58. The van der Waals surface area contributed by atoms with Crippen LogP contribution in [-0.4, -0.2) is 25.2 Å². The Morgan fingerprint density at radius 2 is 2.06 bits per heavy atom. The van der Waals surface area contributed by atoms with Gasteiger partial charge in [-0.25, -0.2) is 0 Å². The molecule has 0 spiro atoms. The van der Waals surface area contributed by atoms with Gasteiger partial charge in [0.25, 0.3) is 0 Å². The first-order valence-corrected chi connectivity index (χ1v) is 6.57. The lowest BCUT2D eigenvalue weighted by Crippen LogP contribution is -2.41. The van der Waals surface area contributed by atoms with Gasteiger partial charge in [0.1, 0.15) is 6.04 Å². The molecule has 0 aromatic carbocycles. The highest BCUT2D eigenvalue weighted by atomic mass is 16.5. The predicted molar refractivity (Wildman–Crippen MR) is 65.3 cm³/mol. The van der Waals surface area contributed by atoms with Gasteiger partial charge in [-0.2, -0.15) is 0 Å². The van der Waals surface area contributed by atoms with E-state index in [1.165, 1.54) is 19.3 Å². The van der Waals surface area contributed by atoms with E-state index in [9.17, 15) is 4.79 Å². The van der Waals surface area contributed by atoms with Crippen LogP contribution in [0.4, 0.5) is 0 Å². The van der Waals surface area contributed by atoms with Crippen LogP contribution in [-0.2, 0) is 9.53 Å². The Morgan fingerprint density at radius 1 is 1.38 bits per heavy atom. The molecule has 1 aliphatic rings. The summed E-state index contributed by atoms with van der Waals surface area (Å²) in [5.74, 6) is -0.0868. The van der Waals surface area contributed by atoms with E-state index in [-0.39, 0.29) is 12.0 Å². The zero-order valence-electron chi connectivity index (χ0n) is 10.8. The van der Waals surface area contributed by atoms with Crippen LogP contribution in [0.5, 0.6) is 0 Å². The van der Waals surface area contributed by atoms with Gasteiger partial charge in [0, 0.05) is 6.54 Å². The molecule has 1 saturated carbocycles. The zero-order valence-corrected chi connectivity index (χ0v) is 10.8. The highest BCUT2D eigenvalue weighted by Gasteiger charge is 2.40. The first-order chi connectivity index (χ1) is 7.67. The number of carbonyl (C=O) groups excluding carboxylic acids is 1. The van der Waals surface area contributed by atoms with E-state index >= 15 is 0 Å². The number of hydrogen-bond acceptors (Lipinski definition) is 3. The van der Waals surface area contributed by atoms with E-state index in [4.69, 9.17) is 4.74 Å². The van der Waals surface area contributed by atoms with Crippen molar-refractivity contribution in [2.45, 2.75) is 58.9 Å². The van der Waals surface area contributed by atoms with Gasteiger partial charge in [-0.05, 0) is 38.0 Å². The van der Waals surface area contributed by atoms with E-state index in [2.05, 4.69) is 19.2 Å². The Hall–Kier alpha value is -0.570. The SMILES string of the molecule is CCCC(NCC1(CC)CC1)C(=O)OCC. The summed E-state index contributed by atoms with van der Waals surface area (Å²) in [6.45, 7) is 7.62. The average molecular weight is 227 g/mol. The lowest BCUT2D eigenvalue weighted by atomic mass is 10.0. The largest absolute Gasteiger partial charge is 0.465 e. The second-order valence-corrected chi connectivity index (χ2v) is 4.83. The molecule has 0 aromatic heterocycles. The summed E-state index contributed by atoms with van der Waals surface area (Å²) in [5.41, 5.74) is 0.485. The minimum absolute atomic E-state index is 0.0868. The lowest BCUT2D eigenvalue weighted by molar-refractivity contribution is -0.145. The fourth-order valence-electron chi connectivity index (χ4n) is 2.01. The molecule has 1 N–H and O–H groups in total. The summed E-state index contributed by atoms with van der Waals surface area (Å²) in [4.78, 5) is 11.7. The first-order valence-electron chi connectivity index (χ1n) is 6.57. The average Bonchev–Trinajstić information content (AvgIpc) is 3.05. The summed E-state index contributed by atoms with van der Waals surface area (Å²) in [5, 5.41) is 3.38. The number of esters is 1. The van der Waals surface area contributed by atoms with Crippen molar-refractivity contribution in [3.05, 3.63) is 0 Å². The molecule has 94 valence electrons.